The Morgan fingerprint density at radius 2 is 0.865 bits per heavy atom. The third-order valence-corrected chi connectivity index (χ3v) is 8.74. The van der Waals surface area contributed by atoms with Crippen molar-refractivity contribution in [3.63, 3.8) is 0 Å². The van der Waals surface area contributed by atoms with E-state index in [1.807, 2.05) is 0 Å². The highest BCUT2D eigenvalue weighted by Crippen LogP contribution is 2.12. The zero-order valence-corrected chi connectivity index (χ0v) is 34.1. The number of hydrogen-bond acceptors (Lipinski definition) is 5. The number of ether oxygens (including phenoxy) is 3. The highest BCUT2D eigenvalue weighted by molar-refractivity contribution is 5.70. The van der Waals surface area contributed by atoms with Gasteiger partial charge in [0.15, 0.2) is 6.10 Å². The smallest absolute Gasteiger partial charge is 0.306 e. The van der Waals surface area contributed by atoms with Crippen LogP contribution in [0.2, 0.25) is 0 Å². The van der Waals surface area contributed by atoms with Crippen LogP contribution in [-0.2, 0) is 23.8 Å². The molecule has 0 aliphatic rings. The van der Waals surface area contributed by atoms with Crippen molar-refractivity contribution in [2.45, 2.75) is 194 Å². The van der Waals surface area contributed by atoms with E-state index in [-0.39, 0.29) is 25.2 Å². The van der Waals surface area contributed by atoms with Gasteiger partial charge in [-0.2, -0.15) is 0 Å². The Morgan fingerprint density at radius 3 is 1.38 bits per heavy atom. The lowest BCUT2D eigenvalue weighted by Gasteiger charge is -2.18. The van der Waals surface area contributed by atoms with Crippen LogP contribution in [0.15, 0.2) is 72.9 Å². The van der Waals surface area contributed by atoms with Crippen LogP contribution in [0.4, 0.5) is 0 Å². The summed E-state index contributed by atoms with van der Waals surface area (Å²) in [4.78, 5) is 25.1. The molecule has 0 aliphatic carbocycles. The van der Waals surface area contributed by atoms with Crippen molar-refractivity contribution >= 4 is 11.9 Å². The van der Waals surface area contributed by atoms with Crippen molar-refractivity contribution in [3.8, 4) is 0 Å². The average Bonchev–Trinajstić information content (AvgIpc) is 3.14. The molecule has 0 aliphatic heterocycles. The number of carbonyl (C=O) groups is 2. The minimum Gasteiger partial charge on any atom is -0.462 e. The SMILES string of the molecule is CC/C=C\C/C=C\C/C=C\CCCCCCCC(=O)OCC(COCCCCCCCC)OC(=O)CCCCCCC/C=C\C/C=C\C/C=C\CC. The maximum absolute atomic E-state index is 12.7. The fourth-order valence-electron chi connectivity index (χ4n) is 5.60. The molecule has 0 saturated heterocycles. The predicted octanol–water partition coefficient (Wildman–Crippen LogP) is 14.0. The summed E-state index contributed by atoms with van der Waals surface area (Å²) in [5, 5.41) is 0. The Hall–Kier alpha value is -2.66. The van der Waals surface area contributed by atoms with Gasteiger partial charge in [0.05, 0.1) is 6.61 Å². The van der Waals surface area contributed by atoms with E-state index in [1.165, 1.54) is 51.4 Å². The van der Waals surface area contributed by atoms with Crippen LogP contribution in [0.1, 0.15) is 188 Å². The summed E-state index contributed by atoms with van der Waals surface area (Å²) in [5.74, 6) is -0.444. The molecule has 0 heterocycles. The van der Waals surface area contributed by atoms with E-state index in [0.29, 0.717) is 19.4 Å². The Morgan fingerprint density at radius 1 is 0.442 bits per heavy atom. The van der Waals surface area contributed by atoms with E-state index < -0.39 is 6.10 Å². The first kappa shape index (κ1) is 49.3. The average molecular weight is 725 g/mol. The standard InChI is InChI=1S/C47H80O5/c1-4-7-10-13-16-18-20-22-24-26-28-30-32-34-37-40-46(48)51-44-45(43-50-42-39-36-15-12-9-6-3)52-47(49)41-38-35-33-31-29-27-25-23-21-19-17-14-11-8-5-2/h7-8,10-11,16-19,22-25,45H,4-6,9,12-15,20-21,26-44H2,1-3H3/b10-7-,11-8-,18-16-,19-17-,24-22-,25-23-. The van der Waals surface area contributed by atoms with Gasteiger partial charge in [0.25, 0.3) is 0 Å². The lowest BCUT2D eigenvalue weighted by atomic mass is 10.1. The first-order valence-electron chi connectivity index (χ1n) is 21.5. The lowest BCUT2D eigenvalue weighted by molar-refractivity contribution is -0.163. The normalized spacial score (nSPS) is 12.9. The van der Waals surface area contributed by atoms with Crippen molar-refractivity contribution in [2.24, 2.45) is 0 Å². The van der Waals surface area contributed by atoms with E-state index in [9.17, 15) is 9.59 Å². The fourth-order valence-corrected chi connectivity index (χ4v) is 5.60. The molecule has 0 fully saturated rings. The van der Waals surface area contributed by atoms with Gasteiger partial charge >= 0.3 is 11.9 Å². The Bertz CT molecular complexity index is 957. The molecule has 0 amide bonds. The number of allylic oxidation sites excluding steroid dienone is 12. The van der Waals surface area contributed by atoms with Crippen LogP contribution in [0.25, 0.3) is 0 Å². The van der Waals surface area contributed by atoms with E-state index in [2.05, 4.69) is 93.7 Å². The predicted molar refractivity (Wildman–Crippen MR) is 224 cm³/mol. The van der Waals surface area contributed by atoms with Gasteiger partial charge in [-0.3, -0.25) is 9.59 Å². The zero-order chi connectivity index (χ0) is 37.8. The second kappa shape index (κ2) is 42.8. The van der Waals surface area contributed by atoms with Crippen molar-refractivity contribution < 1.29 is 23.8 Å². The van der Waals surface area contributed by atoms with E-state index in [0.717, 1.165) is 103 Å². The third kappa shape index (κ3) is 40.1. The molecule has 0 saturated carbocycles. The molecule has 0 bridgehead atoms. The monoisotopic (exact) mass is 725 g/mol. The van der Waals surface area contributed by atoms with E-state index in [4.69, 9.17) is 14.2 Å². The maximum Gasteiger partial charge on any atom is 0.306 e. The van der Waals surface area contributed by atoms with Gasteiger partial charge in [-0.25, -0.2) is 0 Å². The molecule has 0 N–H and O–H groups in total. The molecule has 52 heavy (non-hydrogen) atoms. The number of esters is 2. The molecule has 298 valence electrons. The number of hydrogen-bond donors (Lipinski definition) is 0. The fraction of sp³-hybridized carbons (Fsp3) is 0.702. The summed E-state index contributed by atoms with van der Waals surface area (Å²) < 4.78 is 17.2. The summed E-state index contributed by atoms with van der Waals surface area (Å²) >= 11 is 0. The summed E-state index contributed by atoms with van der Waals surface area (Å²) in [6.07, 6.45) is 53.3. The summed E-state index contributed by atoms with van der Waals surface area (Å²) in [7, 11) is 0. The van der Waals surface area contributed by atoms with Gasteiger partial charge in [-0.1, -0.05) is 164 Å². The molecule has 0 rings (SSSR count). The zero-order valence-electron chi connectivity index (χ0n) is 34.1. The van der Waals surface area contributed by atoms with Gasteiger partial charge in [-0.05, 0) is 83.5 Å². The Labute approximate surface area is 321 Å². The molecule has 1 unspecified atom stereocenters. The molecule has 0 spiro atoms. The van der Waals surface area contributed by atoms with Gasteiger partial charge in [0, 0.05) is 19.4 Å². The van der Waals surface area contributed by atoms with E-state index >= 15 is 0 Å². The first-order chi connectivity index (χ1) is 25.6. The van der Waals surface area contributed by atoms with Crippen LogP contribution in [0.5, 0.6) is 0 Å². The summed E-state index contributed by atoms with van der Waals surface area (Å²) in [6, 6.07) is 0. The van der Waals surface area contributed by atoms with Crippen molar-refractivity contribution in [2.75, 3.05) is 19.8 Å². The largest absolute Gasteiger partial charge is 0.462 e. The number of unbranched alkanes of at least 4 members (excludes halogenated alkanes) is 15. The lowest BCUT2D eigenvalue weighted by Crippen LogP contribution is -2.30. The highest BCUT2D eigenvalue weighted by Gasteiger charge is 2.17. The van der Waals surface area contributed by atoms with Crippen molar-refractivity contribution in [1.82, 2.24) is 0 Å². The van der Waals surface area contributed by atoms with Crippen LogP contribution in [-0.4, -0.2) is 37.9 Å². The maximum atomic E-state index is 12.7. The Balaban J connectivity index is 4.21. The first-order valence-corrected chi connectivity index (χ1v) is 21.5. The molecule has 1 atom stereocenters. The molecule has 5 heteroatoms. The molecule has 0 aromatic rings. The molecular weight excluding hydrogens is 645 g/mol. The molecule has 5 nitrogen and oxygen atoms in total. The molecular formula is C47H80O5. The topological polar surface area (TPSA) is 61.8 Å². The molecule has 0 radical (unpaired) electrons. The Kier molecular flexibility index (Phi) is 40.6. The quantitative estimate of drug-likeness (QED) is 0.0360. The van der Waals surface area contributed by atoms with Crippen LogP contribution in [0.3, 0.4) is 0 Å². The number of carbonyl (C=O) groups excluding carboxylic acids is 2. The van der Waals surface area contributed by atoms with Gasteiger partial charge in [-0.15, -0.1) is 0 Å². The molecule has 0 aromatic heterocycles. The minimum atomic E-state index is -0.549. The summed E-state index contributed by atoms with van der Waals surface area (Å²) in [6.45, 7) is 7.51. The minimum absolute atomic E-state index is 0.0667. The number of rotatable bonds is 38. The van der Waals surface area contributed by atoms with Gasteiger partial charge < -0.3 is 14.2 Å². The summed E-state index contributed by atoms with van der Waals surface area (Å²) in [5.41, 5.74) is 0. The van der Waals surface area contributed by atoms with Gasteiger partial charge in [0.1, 0.15) is 6.61 Å². The van der Waals surface area contributed by atoms with E-state index in [1.54, 1.807) is 0 Å². The molecule has 0 aromatic carbocycles. The second-order valence-corrected chi connectivity index (χ2v) is 13.8. The third-order valence-electron chi connectivity index (χ3n) is 8.74. The highest BCUT2D eigenvalue weighted by atomic mass is 16.6. The van der Waals surface area contributed by atoms with Crippen molar-refractivity contribution in [3.05, 3.63) is 72.9 Å². The van der Waals surface area contributed by atoms with Crippen LogP contribution < -0.4 is 0 Å². The van der Waals surface area contributed by atoms with Gasteiger partial charge in [0.2, 0.25) is 0 Å². The second-order valence-electron chi connectivity index (χ2n) is 13.8. The van der Waals surface area contributed by atoms with Crippen LogP contribution in [0, 0.1) is 0 Å². The van der Waals surface area contributed by atoms with Crippen molar-refractivity contribution in [1.29, 1.82) is 0 Å². The van der Waals surface area contributed by atoms with Crippen LogP contribution >= 0.6 is 0 Å².